The second kappa shape index (κ2) is 11.2. The van der Waals surface area contributed by atoms with E-state index >= 15 is 0 Å². The standard InChI is InChI=1S/C27H27NO5Se/c1-31-19-13-11-18(12-14-19)16-34-17-25(26(29)32-2)28-27(30)33-15-24-22-9-5-3-7-20(22)21-8-4-6-10-23(21)24/h3-14,24-25H,15-17H2,1-2H3,(H,28,30)/t25-/m0/s1. The quantitative estimate of drug-likeness (QED) is 0.332. The van der Waals surface area contributed by atoms with E-state index in [1.807, 2.05) is 48.5 Å². The van der Waals surface area contributed by atoms with Crippen LogP contribution in [0, 0.1) is 0 Å². The van der Waals surface area contributed by atoms with Crippen molar-refractivity contribution in [3.05, 3.63) is 89.5 Å². The zero-order valence-corrected chi connectivity index (χ0v) is 20.9. The number of hydrogen-bond acceptors (Lipinski definition) is 5. The number of hydrogen-bond donors (Lipinski definition) is 1. The van der Waals surface area contributed by atoms with Gasteiger partial charge in [0.1, 0.15) is 0 Å². The number of benzene rings is 3. The molecule has 0 bridgehead atoms. The third-order valence-electron chi connectivity index (χ3n) is 5.83. The molecule has 0 radical (unpaired) electrons. The maximum atomic E-state index is 12.6. The number of fused-ring (bicyclic) bond motifs is 3. The molecule has 3 aromatic rings. The van der Waals surface area contributed by atoms with E-state index in [0.717, 1.165) is 27.8 Å². The van der Waals surface area contributed by atoms with E-state index in [2.05, 4.69) is 29.6 Å². The van der Waals surface area contributed by atoms with Gasteiger partial charge in [-0.05, 0) is 0 Å². The Balaban J connectivity index is 1.34. The molecule has 3 aromatic carbocycles. The molecule has 1 amide bonds. The second-order valence-corrected chi connectivity index (χ2v) is 10.1. The van der Waals surface area contributed by atoms with Crippen LogP contribution in [0.5, 0.6) is 5.75 Å². The van der Waals surface area contributed by atoms with Crippen LogP contribution in [0.4, 0.5) is 4.79 Å². The van der Waals surface area contributed by atoms with Gasteiger partial charge in [-0.25, -0.2) is 0 Å². The minimum atomic E-state index is -0.737. The molecule has 34 heavy (non-hydrogen) atoms. The summed E-state index contributed by atoms with van der Waals surface area (Å²) in [5, 5.41) is 4.04. The fourth-order valence-corrected chi connectivity index (χ4v) is 6.21. The average Bonchev–Trinajstić information content (AvgIpc) is 3.20. The minimum absolute atomic E-state index is 0.0333. The molecule has 176 valence electrons. The number of carbonyl (C=O) groups excluding carboxylic acids is 2. The first-order valence-electron chi connectivity index (χ1n) is 11.0. The number of amides is 1. The fourth-order valence-electron chi connectivity index (χ4n) is 4.11. The summed E-state index contributed by atoms with van der Waals surface area (Å²) in [6, 6.07) is 23.4. The van der Waals surface area contributed by atoms with Crippen LogP contribution in [-0.2, 0) is 19.6 Å². The summed E-state index contributed by atoms with van der Waals surface area (Å²) in [5.41, 5.74) is 5.78. The molecule has 0 fully saturated rings. The summed E-state index contributed by atoms with van der Waals surface area (Å²) in [6.45, 7) is 0.199. The zero-order valence-electron chi connectivity index (χ0n) is 19.2. The SMILES string of the molecule is COC(=O)[C@H](C[Se]Cc1ccc(OC)cc1)NC(=O)OCC1c2ccccc2-c2ccccc21. The van der Waals surface area contributed by atoms with E-state index in [0.29, 0.717) is 5.32 Å². The summed E-state index contributed by atoms with van der Waals surface area (Å²) in [4.78, 5) is 24.9. The Morgan fingerprint density at radius 2 is 1.53 bits per heavy atom. The normalized spacial score (nSPS) is 12.9. The molecular formula is C27H27NO5Se. The van der Waals surface area contributed by atoms with Gasteiger partial charge in [0.25, 0.3) is 0 Å². The van der Waals surface area contributed by atoms with Crippen molar-refractivity contribution >= 4 is 27.0 Å². The molecule has 0 saturated carbocycles. The van der Waals surface area contributed by atoms with Crippen molar-refractivity contribution in [1.82, 2.24) is 5.32 Å². The van der Waals surface area contributed by atoms with Crippen molar-refractivity contribution in [2.45, 2.75) is 22.6 Å². The summed E-state index contributed by atoms with van der Waals surface area (Å²) in [6.07, 6.45) is -0.613. The molecule has 7 heteroatoms. The first kappa shape index (κ1) is 23.9. The first-order valence-corrected chi connectivity index (χ1v) is 13.4. The van der Waals surface area contributed by atoms with E-state index in [1.54, 1.807) is 7.11 Å². The summed E-state index contributed by atoms with van der Waals surface area (Å²) in [5.74, 6) is 0.305. The van der Waals surface area contributed by atoms with E-state index in [1.165, 1.54) is 18.2 Å². The van der Waals surface area contributed by atoms with Gasteiger partial charge in [0.15, 0.2) is 0 Å². The maximum absolute atomic E-state index is 12.6. The number of carbonyl (C=O) groups is 2. The predicted molar refractivity (Wildman–Crippen MR) is 131 cm³/mol. The molecule has 0 unspecified atom stereocenters. The molecule has 1 atom stereocenters. The van der Waals surface area contributed by atoms with Gasteiger partial charge in [0.2, 0.25) is 0 Å². The number of esters is 1. The van der Waals surface area contributed by atoms with Crippen LogP contribution in [0.2, 0.25) is 5.32 Å². The van der Waals surface area contributed by atoms with Gasteiger partial charge in [-0.3, -0.25) is 0 Å². The van der Waals surface area contributed by atoms with E-state index in [4.69, 9.17) is 14.2 Å². The van der Waals surface area contributed by atoms with E-state index < -0.39 is 18.1 Å². The van der Waals surface area contributed by atoms with Crippen molar-refractivity contribution in [1.29, 1.82) is 0 Å². The average molecular weight is 524 g/mol. The Hall–Kier alpha value is -3.28. The van der Waals surface area contributed by atoms with Crippen molar-refractivity contribution in [2.24, 2.45) is 0 Å². The van der Waals surface area contributed by atoms with Gasteiger partial charge >= 0.3 is 206 Å². The van der Waals surface area contributed by atoms with E-state index in [-0.39, 0.29) is 27.5 Å². The Morgan fingerprint density at radius 3 is 2.12 bits per heavy atom. The third-order valence-corrected chi connectivity index (χ3v) is 8.16. The molecule has 4 rings (SSSR count). The fraction of sp³-hybridized carbons (Fsp3) is 0.259. The second-order valence-electron chi connectivity index (χ2n) is 7.91. The Morgan fingerprint density at radius 1 is 0.912 bits per heavy atom. The zero-order chi connectivity index (χ0) is 23.9. The molecule has 0 aromatic heterocycles. The van der Waals surface area contributed by atoms with Crippen molar-refractivity contribution in [3.63, 3.8) is 0 Å². The van der Waals surface area contributed by atoms with Gasteiger partial charge in [-0.2, -0.15) is 0 Å². The van der Waals surface area contributed by atoms with Crippen molar-refractivity contribution in [2.75, 3.05) is 20.8 Å². The van der Waals surface area contributed by atoms with Crippen LogP contribution in [0.3, 0.4) is 0 Å². The van der Waals surface area contributed by atoms with Crippen LogP contribution in [-0.4, -0.2) is 53.9 Å². The number of nitrogens with one attached hydrogen (secondary N) is 1. The van der Waals surface area contributed by atoms with Crippen LogP contribution in [0.15, 0.2) is 72.8 Å². The number of ether oxygens (including phenoxy) is 3. The first-order chi connectivity index (χ1) is 16.6. The predicted octanol–water partition coefficient (Wildman–Crippen LogP) is 4.40. The molecule has 0 spiro atoms. The Labute approximate surface area is 205 Å². The number of alkyl carbamates (subject to hydrolysis) is 1. The summed E-state index contributed by atoms with van der Waals surface area (Å²) < 4.78 is 15.7. The molecule has 0 aliphatic heterocycles. The van der Waals surface area contributed by atoms with Crippen LogP contribution >= 0.6 is 0 Å². The van der Waals surface area contributed by atoms with Crippen LogP contribution < -0.4 is 10.1 Å². The molecule has 0 heterocycles. The van der Waals surface area contributed by atoms with Crippen molar-refractivity contribution in [3.8, 4) is 16.9 Å². The third kappa shape index (κ3) is 5.44. The molecule has 6 nitrogen and oxygen atoms in total. The molecular weight excluding hydrogens is 497 g/mol. The van der Waals surface area contributed by atoms with Gasteiger partial charge in [0.05, 0.1) is 0 Å². The van der Waals surface area contributed by atoms with E-state index in [9.17, 15) is 9.59 Å². The van der Waals surface area contributed by atoms with Crippen LogP contribution in [0.1, 0.15) is 22.6 Å². The Bertz CT molecular complexity index is 1100. The van der Waals surface area contributed by atoms with Crippen LogP contribution in [0.25, 0.3) is 11.1 Å². The summed E-state index contributed by atoms with van der Waals surface area (Å²) >= 11 is 0.0874. The molecule has 0 saturated heterocycles. The molecule has 1 N–H and O–H groups in total. The molecule has 1 aliphatic rings. The summed E-state index contributed by atoms with van der Waals surface area (Å²) in [7, 11) is 2.96. The number of rotatable bonds is 9. The van der Waals surface area contributed by atoms with Crippen molar-refractivity contribution < 1.29 is 23.8 Å². The number of methoxy groups -OCH3 is 2. The van der Waals surface area contributed by atoms with Gasteiger partial charge < -0.3 is 0 Å². The molecule has 1 aliphatic carbocycles. The monoisotopic (exact) mass is 525 g/mol. The topological polar surface area (TPSA) is 73.9 Å². The van der Waals surface area contributed by atoms with Gasteiger partial charge in [-0.1, -0.05) is 0 Å². The van der Waals surface area contributed by atoms with Gasteiger partial charge in [-0.15, -0.1) is 0 Å². The Kier molecular flexibility index (Phi) is 7.88. The van der Waals surface area contributed by atoms with Gasteiger partial charge in [0, 0.05) is 0 Å².